The summed E-state index contributed by atoms with van der Waals surface area (Å²) in [5.74, 6) is 0. The molecule has 3 aromatic carbocycles. The molecule has 0 bridgehead atoms. The molecule has 2 heteroatoms. The standard InChI is InChI=1S/C18H18N2/c1-13-11-14-7-3-4-8-15(14)12-18(13)20-17-10-6-5-9-16(17)19-2/h3-12,19-20H,1-2H3. The van der Waals surface area contributed by atoms with Crippen LogP contribution in [-0.4, -0.2) is 7.05 Å². The van der Waals surface area contributed by atoms with E-state index in [0.29, 0.717) is 0 Å². The van der Waals surface area contributed by atoms with Gasteiger partial charge in [-0.1, -0.05) is 36.4 Å². The first-order chi connectivity index (χ1) is 9.78. The van der Waals surface area contributed by atoms with Crippen LogP contribution in [-0.2, 0) is 0 Å². The third-order valence-electron chi connectivity index (χ3n) is 3.56. The van der Waals surface area contributed by atoms with E-state index in [1.165, 1.54) is 16.3 Å². The molecule has 0 heterocycles. The van der Waals surface area contributed by atoms with E-state index >= 15 is 0 Å². The lowest BCUT2D eigenvalue weighted by Crippen LogP contribution is -1.98. The zero-order valence-corrected chi connectivity index (χ0v) is 11.8. The summed E-state index contributed by atoms with van der Waals surface area (Å²) in [6.07, 6.45) is 0. The summed E-state index contributed by atoms with van der Waals surface area (Å²) in [4.78, 5) is 0. The highest BCUT2D eigenvalue weighted by atomic mass is 14.9. The van der Waals surface area contributed by atoms with Crippen LogP contribution in [0.2, 0.25) is 0 Å². The van der Waals surface area contributed by atoms with Crippen LogP contribution < -0.4 is 10.6 Å². The van der Waals surface area contributed by atoms with E-state index in [2.05, 4.69) is 66.1 Å². The Kier molecular flexibility index (Phi) is 3.30. The highest BCUT2D eigenvalue weighted by Gasteiger charge is 2.04. The van der Waals surface area contributed by atoms with Crippen molar-refractivity contribution >= 4 is 27.8 Å². The van der Waals surface area contributed by atoms with Crippen LogP contribution in [0.1, 0.15) is 5.56 Å². The normalized spacial score (nSPS) is 10.5. The molecule has 0 spiro atoms. The Morgan fingerprint density at radius 1 is 0.700 bits per heavy atom. The number of aryl methyl sites for hydroxylation is 1. The number of anilines is 3. The van der Waals surface area contributed by atoms with Gasteiger partial charge in [-0.25, -0.2) is 0 Å². The Hall–Kier alpha value is -2.48. The van der Waals surface area contributed by atoms with Gasteiger partial charge >= 0.3 is 0 Å². The molecule has 3 aromatic rings. The van der Waals surface area contributed by atoms with Crippen molar-refractivity contribution in [1.82, 2.24) is 0 Å². The zero-order chi connectivity index (χ0) is 13.9. The molecular formula is C18H18N2. The van der Waals surface area contributed by atoms with Crippen molar-refractivity contribution in [2.45, 2.75) is 6.92 Å². The second-order valence-electron chi connectivity index (χ2n) is 4.93. The molecule has 0 amide bonds. The highest BCUT2D eigenvalue weighted by Crippen LogP contribution is 2.29. The molecule has 0 fully saturated rings. The molecule has 0 aliphatic heterocycles. The number of para-hydroxylation sites is 2. The largest absolute Gasteiger partial charge is 0.386 e. The molecule has 0 radical (unpaired) electrons. The minimum atomic E-state index is 1.09. The van der Waals surface area contributed by atoms with Gasteiger partial charge in [0.25, 0.3) is 0 Å². The monoisotopic (exact) mass is 262 g/mol. The fourth-order valence-electron chi connectivity index (χ4n) is 2.44. The smallest absolute Gasteiger partial charge is 0.0619 e. The average Bonchev–Trinajstić information content (AvgIpc) is 2.48. The number of rotatable bonds is 3. The van der Waals surface area contributed by atoms with Crippen LogP contribution in [0.3, 0.4) is 0 Å². The molecule has 0 unspecified atom stereocenters. The average molecular weight is 262 g/mol. The van der Waals surface area contributed by atoms with Gasteiger partial charge in [0.2, 0.25) is 0 Å². The molecule has 3 rings (SSSR count). The van der Waals surface area contributed by atoms with Crippen molar-refractivity contribution in [3.8, 4) is 0 Å². The van der Waals surface area contributed by atoms with E-state index in [0.717, 1.165) is 17.1 Å². The molecule has 2 N–H and O–H groups in total. The van der Waals surface area contributed by atoms with Crippen LogP contribution in [0, 0.1) is 6.92 Å². The molecule has 0 saturated carbocycles. The quantitative estimate of drug-likeness (QED) is 0.699. The maximum absolute atomic E-state index is 3.52. The zero-order valence-electron chi connectivity index (χ0n) is 11.8. The Morgan fingerprint density at radius 2 is 1.30 bits per heavy atom. The van der Waals surface area contributed by atoms with Crippen molar-refractivity contribution in [2.24, 2.45) is 0 Å². The summed E-state index contributed by atoms with van der Waals surface area (Å²) in [7, 11) is 1.94. The van der Waals surface area contributed by atoms with Crippen molar-refractivity contribution in [3.05, 3.63) is 66.2 Å². The number of hydrogen-bond donors (Lipinski definition) is 2. The van der Waals surface area contributed by atoms with Gasteiger partial charge in [-0.05, 0) is 47.5 Å². The van der Waals surface area contributed by atoms with Crippen LogP contribution in [0.15, 0.2) is 60.7 Å². The van der Waals surface area contributed by atoms with E-state index in [9.17, 15) is 0 Å². The summed E-state index contributed by atoms with van der Waals surface area (Å²) < 4.78 is 0. The van der Waals surface area contributed by atoms with E-state index in [1.807, 2.05) is 19.2 Å². The maximum atomic E-state index is 3.52. The number of fused-ring (bicyclic) bond motifs is 1. The van der Waals surface area contributed by atoms with Crippen LogP contribution >= 0.6 is 0 Å². The maximum Gasteiger partial charge on any atom is 0.0619 e. The first-order valence-corrected chi connectivity index (χ1v) is 6.81. The van der Waals surface area contributed by atoms with Gasteiger partial charge in [-0.15, -0.1) is 0 Å². The Balaban J connectivity index is 2.04. The Morgan fingerprint density at radius 3 is 2.00 bits per heavy atom. The number of nitrogens with one attached hydrogen (secondary N) is 2. The molecule has 0 saturated heterocycles. The van der Waals surface area contributed by atoms with E-state index in [-0.39, 0.29) is 0 Å². The highest BCUT2D eigenvalue weighted by molar-refractivity contribution is 5.89. The molecular weight excluding hydrogens is 244 g/mol. The summed E-state index contributed by atoms with van der Waals surface area (Å²) in [5.41, 5.74) is 4.58. The Bertz CT molecular complexity index is 747. The van der Waals surface area contributed by atoms with E-state index in [1.54, 1.807) is 0 Å². The van der Waals surface area contributed by atoms with Gasteiger partial charge in [-0.3, -0.25) is 0 Å². The second kappa shape index (κ2) is 5.25. The van der Waals surface area contributed by atoms with Gasteiger partial charge in [0.05, 0.1) is 11.4 Å². The first kappa shape index (κ1) is 12.5. The molecule has 0 aromatic heterocycles. The van der Waals surface area contributed by atoms with Crippen molar-refractivity contribution in [1.29, 1.82) is 0 Å². The molecule has 0 aliphatic rings. The second-order valence-corrected chi connectivity index (χ2v) is 4.93. The van der Waals surface area contributed by atoms with Crippen molar-refractivity contribution < 1.29 is 0 Å². The van der Waals surface area contributed by atoms with Crippen molar-refractivity contribution in [2.75, 3.05) is 17.7 Å². The van der Waals surface area contributed by atoms with Crippen LogP contribution in [0.5, 0.6) is 0 Å². The lowest BCUT2D eigenvalue weighted by Gasteiger charge is -2.14. The predicted molar refractivity (Wildman–Crippen MR) is 88.0 cm³/mol. The number of hydrogen-bond acceptors (Lipinski definition) is 2. The molecule has 0 aliphatic carbocycles. The lowest BCUT2D eigenvalue weighted by atomic mass is 10.1. The fraction of sp³-hybridized carbons (Fsp3) is 0.111. The van der Waals surface area contributed by atoms with Gasteiger partial charge in [0, 0.05) is 12.7 Å². The first-order valence-electron chi connectivity index (χ1n) is 6.81. The molecule has 20 heavy (non-hydrogen) atoms. The predicted octanol–water partition coefficient (Wildman–Crippen LogP) is 4.93. The number of benzene rings is 3. The molecule has 0 atom stereocenters. The minimum Gasteiger partial charge on any atom is -0.386 e. The summed E-state index contributed by atoms with van der Waals surface area (Å²) in [6.45, 7) is 2.14. The van der Waals surface area contributed by atoms with Gasteiger partial charge in [0.1, 0.15) is 0 Å². The molecule has 2 nitrogen and oxygen atoms in total. The lowest BCUT2D eigenvalue weighted by molar-refractivity contribution is 1.43. The van der Waals surface area contributed by atoms with Crippen LogP contribution in [0.25, 0.3) is 10.8 Å². The van der Waals surface area contributed by atoms with Gasteiger partial charge in [0.15, 0.2) is 0 Å². The van der Waals surface area contributed by atoms with E-state index in [4.69, 9.17) is 0 Å². The van der Waals surface area contributed by atoms with Crippen LogP contribution in [0.4, 0.5) is 17.1 Å². The van der Waals surface area contributed by atoms with Gasteiger partial charge in [-0.2, -0.15) is 0 Å². The molecule has 100 valence electrons. The third-order valence-corrected chi connectivity index (χ3v) is 3.56. The Labute approximate surface area is 119 Å². The minimum absolute atomic E-state index is 1.09. The van der Waals surface area contributed by atoms with E-state index < -0.39 is 0 Å². The third kappa shape index (κ3) is 2.32. The van der Waals surface area contributed by atoms with Gasteiger partial charge < -0.3 is 10.6 Å². The SMILES string of the molecule is CNc1ccccc1Nc1cc2ccccc2cc1C. The fourth-order valence-corrected chi connectivity index (χ4v) is 2.44. The topological polar surface area (TPSA) is 24.1 Å². The van der Waals surface area contributed by atoms with Crippen molar-refractivity contribution in [3.63, 3.8) is 0 Å². The summed E-state index contributed by atoms with van der Waals surface area (Å²) in [6, 6.07) is 21.1. The summed E-state index contributed by atoms with van der Waals surface area (Å²) in [5, 5.41) is 9.26. The summed E-state index contributed by atoms with van der Waals surface area (Å²) >= 11 is 0.